The lowest BCUT2D eigenvalue weighted by Crippen LogP contribution is -2.03. The molecule has 2 heterocycles. The van der Waals surface area contributed by atoms with Crippen LogP contribution in [0.5, 0.6) is 0 Å². The SMILES string of the molecule is Cc1nn(C)c(C)c1-c1cnc(CCN)[nH]1. The number of H-pyrrole nitrogens is 1. The summed E-state index contributed by atoms with van der Waals surface area (Å²) in [6.45, 7) is 4.67. The van der Waals surface area contributed by atoms with Gasteiger partial charge in [0.05, 0.1) is 17.6 Å². The Morgan fingerprint density at radius 1 is 1.44 bits per heavy atom. The Morgan fingerprint density at radius 3 is 2.75 bits per heavy atom. The minimum absolute atomic E-state index is 0.609. The summed E-state index contributed by atoms with van der Waals surface area (Å²) in [5.41, 5.74) is 9.81. The van der Waals surface area contributed by atoms with Crippen LogP contribution in [0, 0.1) is 13.8 Å². The Labute approximate surface area is 94.7 Å². The van der Waals surface area contributed by atoms with Crippen molar-refractivity contribution >= 4 is 0 Å². The number of nitrogens with one attached hydrogen (secondary N) is 1. The Bertz CT molecular complexity index is 494. The van der Waals surface area contributed by atoms with E-state index in [1.807, 2.05) is 24.9 Å². The average molecular weight is 219 g/mol. The van der Waals surface area contributed by atoms with Crippen LogP contribution in [0.15, 0.2) is 6.20 Å². The fraction of sp³-hybridized carbons (Fsp3) is 0.455. The number of aromatic amines is 1. The molecule has 0 saturated heterocycles. The minimum Gasteiger partial charge on any atom is -0.342 e. The van der Waals surface area contributed by atoms with Gasteiger partial charge in [-0.15, -0.1) is 0 Å². The summed E-state index contributed by atoms with van der Waals surface area (Å²) in [4.78, 5) is 7.58. The topological polar surface area (TPSA) is 72.5 Å². The van der Waals surface area contributed by atoms with Gasteiger partial charge in [-0.25, -0.2) is 4.98 Å². The van der Waals surface area contributed by atoms with Crippen LogP contribution < -0.4 is 5.73 Å². The predicted octanol–water partition coefficient (Wildman–Crippen LogP) is 0.928. The molecule has 0 saturated carbocycles. The smallest absolute Gasteiger partial charge is 0.107 e. The van der Waals surface area contributed by atoms with Gasteiger partial charge in [0.15, 0.2) is 0 Å². The van der Waals surface area contributed by atoms with Gasteiger partial charge in [-0.2, -0.15) is 5.10 Å². The molecule has 2 aromatic rings. The maximum atomic E-state index is 5.50. The Hall–Kier alpha value is -1.62. The number of aryl methyl sites for hydroxylation is 2. The first-order valence-corrected chi connectivity index (χ1v) is 5.38. The molecule has 0 aliphatic carbocycles. The van der Waals surface area contributed by atoms with Gasteiger partial charge in [-0.3, -0.25) is 4.68 Å². The summed E-state index contributed by atoms with van der Waals surface area (Å²) in [5, 5.41) is 4.39. The summed E-state index contributed by atoms with van der Waals surface area (Å²) >= 11 is 0. The third-order valence-electron chi connectivity index (χ3n) is 2.79. The zero-order valence-electron chi connectivity index (χ0n) is 9.91. The quantitative estimate of drug-likeness (QED) is 0.806. The highest BCUT2D eigenvalue weighted by Crippen LogP contribution is 2.24. The van der Waals surface area contributed by atoms with Crippen molar-refractivity contribution < 1.29 is 0 Å². The molecule has 2 rings (SSSR count). The second-order valence-corrected chi connectivity index (χ2v) is 3.95. The fourth-order valence-corrected chi connectivity index (χ4v) is 1.92. The molecule has 0 aromatic carbocycles. The van der Waals surface area contributed by atoms with Gasteiger partial charge in [0.1, 0.15) is 5.82 Å². The Balaban J connectivity index is 2.42. The van der Waals surface area contributed by atoms with Crippen LogP contribution in [0.25, 0.3) is 11.3 Å². The summed E-state index contributed by atoms with van der Waals surface area (Å²) in [6, 6.07) is 0. The molecular formula is C11H17N5. The number of aromatic nitrogens is 4. The van der Waals surface area contributed by atoms with E-state index in [0.717, 1.165) is 34.9 Å². The number of nitrogens with two attached hydrogens (primary N) is 1. The van der Waals surface area contributed by atoms with Gasteiger partial charge in [-0.05, 0) is 20.4 Å². The van der Waals surface area contributed by atoms with Gasteiger partial charge >= 0.3 is 0 Å². The summed E-state index contributed by atoms with van der Waals surface area (Å²) in [6.07, 6.45) is 2.63. The summed E-state index contributed by atoms with van der Waals surface area (Å²) in [5.74, 6) is 0.931. The maximum absolute atomic E-state index is 5.50. The van der Waals surface area contributed by atoms with Gasteiger partial charge in [0.2, 0.25) is 0 Å². The van der Waals surface area contributed by atoms with Crippen LogP contribution >= 0.6 is 0 Å². The third-order valence-corrected chi connectivity index (χ3v) is 2.79. The predicted molar refractivity (Wildman–Crippen MR) is 63.0 cm³/mol. The standard InChI is InChI=1S/C11H17N5/c1-7-11(8(2)16(3)15-7)9-6-13-10(14-9)4-5-12/h6H,4-5,12H2,1-3H3,(H,13,14). The van der Waals surface area contributed by atoms with E-state index in [-0.39, 0.29) is 0 Å². The number of rotatable bonds is 3. The summed E-state index contributed by atoms with van der Waals surface area (Å²) in [7, 11) is 1.95. The van der Waals surface area contributed by atoms with Crippen LogP contribution in [0.1, 0.15) is 17.2 Å². The molecule has 0 bridgehead atoms. The van der Waals surface area contributed by atoms with E-state index in [1.165, 1.54) is 0 Å². The van der Waals surface area contributed by atoms with Crippen LogP contribution in [0.4, 0.5) is 0 Å². The molecule has 3 N–H and O–H groups in total. The number of imidazole rings is 1. The first-order valence-electron chi connectivity index (χ1n) is 5.38. The monoisotopic (exact) mass is 219 g/mol. The highest BCUT2D eigenvalue weighted by molar-refractivity contribution is 5.64. The van der Waals surface area contributed by atoms with Crippen molar-refractivity contribution in [3.05, 3.63) is 23.4 Å². The average Bonchev–Trinajstić information content (AvgIpc) is 2.75. The van der Waals surface area contributed by atoms with Crippen molar-refractivity contribution in [3.8, 4) is 11.3 Å². The number of hydrogen-bond acceptors (Lipinski definition) is 3. The molecule has 0 aliphatic heterocycles. The molecule has 0 amide bonds. The fourth-order valence-electron chi connectivity index (χ4n) is 1.92. The second kappa shape index (κ2) is 4.09. The van der Waals surface area contributed by atoms with E-state index in [9.17, 15) is 0 Å². The van der Waals surface area contributed by atoms with Crippen molar-refractivity contribution in [2.75, 3.05) is 6.54 Å². The minimum atomic E-state index is 0.609. The molecular weight excluding hydrogens is 202 g/mol. The van der Waals surface area contributed by atoms with Gasteiger partial charge in [0.25, 0.3) is 0 Å². The molecule has 5 nitrogen and oxygen atoms in total. The lowest BCUT2D eigenvalue weighted by molar-refractivity contribution is 0.731. The highest BCUT2D eigenvalue weighted by Gasteiger charge is 2.13. The van der Waals surface area contributed by atoms with Crippen molar-refractivity contribution in [2.24, 2.45) is 12.8 Å². The molecule has 2 aromatic heterocycles. The molecule has 0 unspecified atom stereocenters. The van der Waals surface area contributed by atoms with E-state index in [1.54, 1.807) is 0 Å². The maximum Gasteiger partial charge on any atom is 0.107 e. The van der Waals surface area contributed by atoms with Crippen LogP contribution in [0.3, 0.4) is 0 Å². The van der Waals surface area contributed by atoms with E-state index < -0.39 is 0 Å². The highest BCUT2D eigenvalue weighted by atomic mass is 15.3. The van der Waals surface area contributed by atoms with E-state index in [2.05, 4.69) is 22.0 Å². The molecule has 5 heteroatoms. The Morgan fingerprint density at radius 2 is 2.19 bits per heavy atom. The Kier molecular flexibility index (Phi) is 2.78. The first-order chi connectivity index (χ1) is 7.63. The van der Waals surface area contributed by atoms with Crippen LogP contribution in [-0.4, -0.2) is 26.3 Å². The van der Waals surface area contributed by atoms with Crippen molar-refractivity contribution in [1.82, 2.24) is 19.7 Å². The van der Waals surface area contributed by atoms with E-state index in [0.29, 0.717) is 6.54 Å². The van der Waals surface area contributed by atoms with Gasteiger partial charge < -0.3 is 10.7 Å². The van der Waals surface area contributed by atoms with Gasteiger partial charge in [-0.1, -0.05) is 0 Å². The van der Waals surface area contributed by atoms with Crippen LogP contribution in [0.2, 0.25) is 0 Å². The molecule has 0 atom stereocenters. The molecule has 86 valence electrons. The van der Waals surface area contributed by atoms with Crippen LogP contribution in [-0.2, 0) is 13.5 Å². The van der Waals surface area contributed by atoms with Crippen molar-refractivity contribution in [1.29, 1.82) is 0 Å². The largest absolute Gasteiger partial charge is 0.342 e. The number of hydrogen-bond donors (Lipinski definition) is 2. The molecule has 0 radical (unpaired) electrons. The molecule has 0 aliphatic rings. The number of nitrogens with zero attached hydrogens (tertiary/aromatic N) is 3. The summed E-state index contributed by atoms with van der Waals surface area (Å²) < 4.78 is 1.88. The zero-order valence-corrected chi connectivity index (χ0v) is 9.91. The normalized spacial score (nSPS) is 11.0. The van der Waals surface area contributed by atoms with Crippen molar-refractivity contribution in [3.63, 3.8) is 0 Å². The third kappa shape index (κ3) is 1.74. The van der Waals surface area contributed by atoms with Gasteiger partial charge in [0, 0.05) is 24.7 Å². The second-order valence-electron chi connectivity index (χ2n) is 3.95. The van der Waals surface area contributed by atoms with Crippen molar-refractivity contribution in [2.45, 2.75) is 20.3 Å². The van der Waals surface area contributed by atoms with E-state index >= 15 is 0 Å². The molecule has 0 fully saturated rings. The molecule has 16 heavy (non-hydrogen) atoms. The first kappa shape index (κ1) is 10.9. The lowest BCUT2D eigenvalue weighted by atomic mass is 10.1. The molecule has 0 spiro atoms. The lowest BCUT2D eigenvalue weighted by Gasteiger charge is -1.98. The van der Waals surface area contributed by atoms with E-state index in [4.69, 9.17) is 5.73 Å². The zero-order chi connectivity index (χ0) is 11.7.